The molecule has 1 fully saturated rings. The Kier molecular flexibility index (Phi) is 5.50. The molecule has 0 aliphatic carbocycles. The van der Waals surface area contributed by atoms with Gasteiger partial charge >= 0.3 is 0 Å². The Morgan fingerprint density at radius 1 is 1.27 bits per heavy atom. The number of imidazole rings is 1. The van der Waals surface area contributed by atoms with Crippen molar-refractivity contribution in [2.45, 2.75) is 39.3 Å². The van der Waals surface area contributed by atoms with Crippen LogP contribution in [-0.2, 0) is 11.3 Å². The summed E-state index contributed by atoms with van der Waals surface area (Å²) in [4.78, 5) is 9.55. The Bertz CT molecular complexity index is 451. The molecule has 0 N–H and O–H groups in total. The minimum atomic E-state index is 0.533. The van der Waals surface area contributed by atoms with E-state index in [1.807, 2.05) is 12.5 Å². The van der Waals surface area contributed by atoms with Gasteiger partial charge in [-0.1, -0.05) is 13.8 Å². The molecule has 0 bridgehead atoms. The predicted octanol–water partition coefficient (Wildman–Crippen LogP) is 2.01. The van der Waals surface area contributed by atoms with Gasteiger partial charge in [0.15, 0.2) is 0 Å². The standard InChI is InChI=1S/C17H30N4O/c1-3-19(4-2)12-17-13-20(10-15-5-7-22-8-6-15)11-16-9-18-14-21(16)17/h9,14-15,17H,3-8,10-13H2,1-2H3. The number of aromatic nitrogens is 2. The molecule has 3 heterocycles. The molecule has 0 aromatic carbocycles. The minimum absolute atomic E-state index is 0.533. The SMILES string of the molecule is CCN(CC)CC1CN(CC2CCOCC2)Cc2cncn21. The first-order chi connectivity index (χ1) is 10.8. The quantitative estimate of drug-likeness (QED) is 0.805. The van der Waals surface area contributed by atoms with Gasteiger partial charge in [0, 0.05) is 45.6 Å². The summed E-state index contributed by atoms with van der Waals surface area (Å²) in [5, 5.41) is 0. The van der Waals surface area contributed by atoms with Crippen molar-refractivity contribution < 1.29 is 4.74 Å². The van der Waals surface area contributed by atoms with E-state index in [4.69, 9.17) is 4.74 Å². The second-order valence-electron chi connectivity index (χ2n) is 6.68. The molecule has 124 valence electrons. The zero-order chi connectivity index (χ0) is 15.4. The molecule has 0 spiro atoms. The fourth-order valence-electron chi connectivity index (χ4n) is 3.82. The topological polar surface area (TPSA) is 33.5 Å². The molecule has 0 saturated carbocycles. The summed E-state index contributed by atoms with van der Waals surface area (Å²) in [5.41, 5.74) is 1.37. The first kappa shape index (κ1) is 16.0. The Hall–Kier alpha value is -0.910. The van der Waals surface area contributed by atoms with Crippen molar-refractivity contribution in [3.8, 4) is 0 Å². The Morgan fingerprint density at radius 3 is 2.77 bits per heavy atom. The van der Waals surface area contributed by atoms with Crippen molar-refractivity contribution in [3.63, 3.8) is 0 Å². The third-order valence-corrected chi connectivity index (χ3v) is 5.21. The van der Waals surface area contributed by atoms with E-state index in [-0.39, 0.29) is 0 Å². The first-order valence-electron chi connectivity index (χ1n) is 8.83. The van der Waals surface area contributed by atoms with Crippen molar-refractivity contribution in [1.29, 1.82) is 0 Å². The van der Waals surface area contributed by atoms with Crippen LogP contribution in [-0.4, -0.2) is 65.3 Å². The maximum absolute atomic E-state index is 5.50. The normalized spacial score (nSPS) is 23.9. The first-order valence-corrected chi connectivity index (χ1v) is 8.83. The molecule has 2 aliphatic heterocycles. The van der Waals surface area contributed by atoms with Crippen molar-refractivity contribution in [2.24, 2.45) is 5.92 Å². The molecule has 1 unspecified atom stereocenters. The molecule has 22 heavy (non-hydrogen) atoms. The number of rotatable bonds is 6. The van der Waals surface area contributed by atoms with Gasteiger partial charge in [-0.15, -0.1) is 0 Å². The van der Waals surface area contributed by atoms with Crippen molar-refractivity contribution >= 4 is 0 Å². The molecule has 1 aromatic rings. The molecular weight excluding hydrogens is 276 g/mol. The second kappa shape index (κ2) is 7.57. The minimum Gasteiger partial charge on any atom is -0.381 e. The van der Waals surface area contributed by atoms with Crippen LogP contribution >= 0.6 is 0 Å². The molecule has 1 aromatic heterocycles. The smallest absolute Gasteiger partial charge is 0.0952 e. The van der Waals surface area contributed by atoms with Crippen LogP contribution in [0.3, 0.4) is 0 Å². The van der Waals surface area contributed by atoms with Gasteiger partial charge in [0.1, 0.15) is 0 Å². The van der Waals surface area contributed by atoms with Crippen LogP contribution in [0.15, 0.2) is 12.5 Å². The van der Waals surface area contributed by atoms with Crippen molar-refractivity contribution in [1.82, 2.24) is 19.4 Å². The average Bonchev–Trinajstić information content (AvgIpc) is 3.02. The summed E-state index contributed by atoms with van der Waals surface area (Å²) >= 11 is 0. The van der Waals surface area contributed by atoms with Crippen molar-refractivity contribution in [3.05, 3.63) is 18.2 Å². The van der Waals surface area contributed by atoms with E-state index in [0.29, 0.717) is 6.04 Å². The highest BCUT2D eigenvalue weighted by molar-refractivity contribution is 5.05. The van der Waals surface area contributed by atoms with Gasteiger partial charge in [-0.2, -0.15) is 0 Å². The summed E-state index contributed by atoms with van der Waals surface area (Å²) in [6.45, 7) is 13.2. The number of nitrogens with zero attached hydrogens (tertiary/aromatic N) is 4. The number of likely N-dealkylation sites (N-methyl/N-ethyl adjacent to an activating group) is 1. The number of hydrogen-bond acceptors (Lipinski definition) is 4. The molecule has 5 nitrogen and oxygen atoms in total. The zero-order valence-corrected chi connectivity index (χ0v) is 14.1. The van der Waals surface area contributed by atoms with E-state index in [2.05, 4.69) is 33.2 Å². The maximum atomic E-state index is 5.50. The van der Waals surface area contributed by atoms with Gasteiger partial charge in [0.05, 0.1) is 18.1 Å². The average molecular weight is 306 g/mol. The van der Waals surface area contributed by atoms with Crippen LogP contribution in [0.2, 0.25) is 0 Å². The van der Waals surface area contributed by atoms with Gasteiger partial charge in [-0.3, -0.25) is 4.90 Å². The highest BCUT2D eigenvalue weighted by atomic mass is 16.5. The molecule has 1 saturated heterocycles. The van der Waals surface area contributed by atoms with Crippen LogP contribution in [0.1, 0.15) is 38.4 Å². The van der Waals surface area contributed by atoms with E-state index in [0.717, 1.165) is 51.9 Å². The second-order valence-corrected chi connectivity index (χ2v) is 6.68. The molecule has 5 heteroatoms. The van der Waals surface area contributed by atoms with Crippen LogP contribution in [0.4, 0.5) is 0 Å². The van der Waals surface area contributed by atoms with Crippen LogP contribution in [0.25, 0.3) is 0 Å². The van der Waals surface area contributed by atoms with Crippen LogP contribution in [0, 0.1) is 5.92 Å². The van der Waals surface area contributed by atoms with Crippen molar-refractivity contribution in [2.75, 3.05) is 45.9 Å². The summed E-state index contributed by atoms with van der Waals surface area (Å²) in [5.74, 6) is 0.803. The van der Waals surface area contributed by atoms with Gasteiger partial charge in [-0.05, 0) is 31.8 Å². The third-order valence-electron chi connectivity index (χ3n) is 5.21. The zero-order valence-electron chi connectivity index (χ0n) is 14.1. The van der Waals surface area contributed by atoms with Gasteiger partial charge < -0.3 is 14.2 Å². The highest BCUT2D eigenvalue weighted by Gasteiger charge is 2.28. The number of hydrogen-bond donors (Lipinski definition) is 0. The Balaban J connectivity index is 1.65. The fourth-order valence-corrected chi connectivity index (χ4v) is 3.82. The van der Waals surface area contributed by atoms with E-state index in [1.54, 1.807) is 0 Å². The lowest BCUT2D eigenvalue weighted by Crippen LogP contribution is -2.44. The van der Waals surface area contributed by atoms with E-state index in [1.165, 1.54) is 25.1 Å². The molecular formula is C17H30N4O. The number of ether oxygens (including phenoxy) is 1. The Labute approximate surface area is 134 Å². The number of fused-ring (bicyclic) bond motifs is 1. The van der Waals surface area contributed by atoms with Crippen LogP contribution in [0.5, 0.6) is 0 Å². The Morgan fingerprint density at radius 2 is 2.05 bits per heavy atom. The van der Waals surface area contributed by atoms with E-state index >= 15 is 0 Å². The third kappa shape index (κ3) is 3.70. The molecule has 3 rings (SSSR count). The molecule has 2 aliphatic rings. The summed E-state index contributed by atoms with van der Waals surface area (Å²) in [7, 11) is 0. The van der Waals surface area contributed by atoms with Gasteiger partial charge in [0.2, 0.25) is 0 Å². The summed E-state index contributed by atoms with van der Waals surface area (Å²) < 4.78 is 7.90. The van der Waals surface area contributed by atoms with Gasteiger partial charge in [0.25, 0.3) is 0 Å². The monoisotopic (exact) mass is 306 g/mol. The molecule has 0 amide bonds. The largest absolute Gasteiger partial charge is 0.381 e. The summed E-state index contributed by atoms with van der Waals surface area (Å²) in [6.07, 6.45) is 6.51. The van der Waals surface area contributed by atoms with Crippen LogP contribution < -0.4 is 0 Å². The van der Waals surface area contributed by atoms with E-state index in [9.17, 15) is 0 Å². The summed E-state index contributed by atoms with van der Waals surface area (Å²) in [6, 6.07) is 0.533. The lowest BCUT2D eigenvalue weighted by molar-refractivity contribution is 0.0437. The fraction of sp³-hybridized carbons (Fsp3) is 0.824. The predicted molar refractivity (Wildman–Crippen MR) is 87.9 cm³/mol. The van der Waals surface area contributed by atoms with E-state index < -0.39 is 0 Å². The molecule has 0 radical (unpaired) electrons. The maximum Gasteiger partial charge on any atom is 0.0952 e. The van der Waals surface area contributed by atoms with Gasteiger partial charge in [-0.25, -0.2) is 4.98 Å². The lowest BCUT2D eigenvalue weighted by atomic mass is 9.99. The lowest BCUT2D eigenvalue weighted by Gasteiger charge is -2.38. The molecule has 1 atom stereocenters. The highest BCUT2D eigenvalue weighted by Crippen LogP contribution is 2.25.